The largest absolute Gasteiger partial charge is 0.497 e. The van der Waals surface area contributed by atoms with Crippen LogP contribution in [0.1, 0.15) is 48.9 Å². The van der Waals surface area contributed by atoms with Crippen LogP contribution in [-0.4, -0.2) is 51.4 Å². The Hall–Kier alpha value is -3.85. The fourth-order valence-electron chi connectivity index (χ4n) is 4.40. The highest BCUT2D eigenvalue weighted by Gasteiger charge is 2.33. The summed E-state index contributed by atoms with van der Waals surface area (Å²) in [6, 6.07) is 18.3. The Labute approximate surface area is 244 Å². The van der Waals surface area contributed by atoms with E-state index in [1.54, 1.807) is 62.6 Å². The quantitative estimate of drug-likeness (QED) is 0.283. The maximum atomic E-state index is 14.1. The van der Waals surface area contributed by atoms with Gasteiger partial charge in [-0.25, -0.2) is 8.42 Å². The van der Waals surface area contributed by atoms with Gasteiger partial charge in [-0.1, -0.05) is 55.3 Å². The minimum atomic E-state index is -4.12. The molecule has 3 aromatic carbocycles. The smallest absolute Gasteiger partial charge is 0.264 e. The van der Waals surface area contributed by atoms with Gasteiger partial charge in [0, 0.05) is 13.1 Å². The SMILES string of the molecule is CCCCNC(=O)[C@H](C)N(Cc1ccc(OC)cc1)C(=O)CN(c1cccc(C)c1C)S(=O)(=O)c1ccc(C)cc1. The molecule has 220 valence electrons. The molecule has 2 amide bonds. The van der Waals surface area contributed by atoms with E-state index in [1.807, 2.05) is 45.9 Å². The summed E-state index contributed by atoms with van der Waals surface area (Å²) in [6.07, 6.45) is 1.74. The summed E-state index contributed by atoms with van der Waals surface area (Å²) in [4.78, 5) is 28.7. The maximum Gasteiger partial charge on any atom is 0.264 e. The van der Waals surface area contributed by atoms with Crippen LogP contribution in [0.4, 0.5) is 5.69 Å². The summed E-state index contributed by atoms with van der Waals surface area (Å²) >= 11 is 0. The van der Waals surface area contributed by atoms with Crippen molar-refractivity contribution < 1.29 is 22.7 Å². The second kappa shape index (κ2) is 14.2. The number of rotatable bonds is 13. The predicted molar refractivity (Wildman–Crippen MR) is 163 cm³/mol. The third-order valence-electron chi connectivity index (χ3n) is 7.24. The lowest BCUT2D eigenvalue weighted by molar-refractivity contribution is -0.139. The lowest BCUT2D eigenvalue weighted by Gasteiger charge is -2.32. The number of carbonyl (C=O) groups excluding carboxylic acids is 2. The van der Waals surface area contributed by atoms with E-state index >= 15 is 0 Å². The summed E-state index contributed by atoms with van der Waals surface area (Å²) in [5.74, 6) is -0.113. The minimum absolute atomic E-state index is 0.0869. The van der Waals surface area contributed by atoms with Gasteiger partial charge in [-0.3, -0.25) is 13.9 Å². The lowest BCUT2D eigenvalue weighted by atomic mass is 10.1. The number of carbonyl (C=O) groups is 2. The molecule has 1 atom stereocenters. The number of ether oxygens (including phenoxy) is 1. The molecule has 0 saturated carbocycles. The zero-order valence-electron chi connectivity index (χ0n) is 24.8. The first-order valence-electron chi connectivity index (χ1n) is 13.8. The summed E-state index contributed by atoms with van der Waals surface area (Å²) in [7, 11) is -2.54. The standard InChI is InChI=1S/C32H41N3O5S/c1-7-8-20-33-32(37)26(5)34(21-27-14-16-28(40-6)17-15-27)31(36)22-35(30-11-9-10-24(3)25(30)4)41(38,39)29-18-12-23(2)13-19-29/h9-19,26H,7-8,20-22H2,1-6H3,(H,33,37)/t26-/m0/s1. The van der Waals surface area contributed by atoms with Crippen LogP contribution in [0.3, 0.4) is 0 Å². The number of hydrogen-bond donors (Lipinski definition) is 1. The molecule has 0 aliphatic heterocycles. The lowest BCUT2D eigenvalue weighted by Crippen LogP contribution is -2.51. The first kappa shape index (κ1) is 31.7. The van der Waals surface area contributed by atoms with Crippen molar-refractivity contribution in [2.75, 3.05) is 24.5 Å². The normalized spacial score (nSPS) is 12.0. The van der Waals surface area contributed by atoms with Gasteiger partial charge in [0.1, 0.15) is 18.3 Å². The number of anilines is 1. The summed E-state index contributed by atoms with van der Waals surface area (Å²) in [6.45, 7) is 9.47. The molecule has 0 spiro atoms. The Bertz CT molecular complexity index is 1440. The molecule has 8 nitrogen and oxygen atoms in total. The first-order chi connectivity index (χ1) is 19.5. The van der Waals surface area contributed by atoms with Crippen molar-refractivity contribution in [1.82, 2.24) is 10.2 Å². The minimum Gasteiger partial charge on any atom is -0.497 e. The molecule has 41 heavy (non-hydrogen) atoms. The van der Waals surface area contributed by atoms with Gasteiger partial charge in [0.15, 0.2) is 0 Å². The van der Waals surface area contributed by atoms with Crippen molar-refractivity contribution in [3.63, 3.8) is 0 Å². The zero-order chi connectivity index (χ0) is 30.2. The molecular weight excluding hydrogens is 538 g/mol. The van der Waals surface area contributed by atoms with Gasteiger partial charge in [-0.15, -0.1) is 0 Å². The molecule has 0 aliphatic carbocycles. The number of hydrogen-bond acceptors (Lipinski definition) is 5. The summed E-state index contributed by atoms with van der Waals surface area (Å²) < 4.78 is 34.5. The van der Waals surface area contributed by atoms with Gasteiger partial charge in [0.25, 0.3) is 10.0 Å². The van der Waals surface area contributed by atoms with Gasteiger partial charge in [0.05, 0.1) is 17.7 Å². The molecule has 0 unspecified atom stereocenters. The first-order valence-corrected chi connectivity index (χ1v) is 15.3. The van der Waals surface area contributed by atoms with Crippen molar-refractivity contribution in [3.8, 4) is 5.75 Å². The number of methoxy groups -OCH3 is 1. The highest BCUT2D eigenvalue weighted by molar-refractivity contribution is 7.92. The van der Waals surface area contributed by atoms with E-state index in [2.05, 4.69) is 5.32 Å². The van der Waals surface area contributed by atoms with Crippen LogP contribution in [0.2, 0.25) is 0 Å². The predicted octanol–water partition coefficient (Wildman–Crippen LogP) is 5.15. The van der Waals surface area contributed by atoms with E-state index in [1.165, 1.54) is 4.90 Å². The number of sulfonamides is 1. The van der Waals surface area contributed by atoms with Gasteiger partial charge >= 0.3 is 0 Å². The molecule has 3 rings (SSSR count). The molecule has 0 bridgehead atoms. The van der Waals surface area contributed by atoms with E-state index < -0.39 is 28.5 Å². The van der Waals surface area contributed by atoms with E-state index in [0.717, 1.165) is 39.4 Å². The van der Waals surface area contributed by atoms with Crippen molar-refractivity contribution >= 4 is 27.5 Å². The Morgan fingerprint density at radius 2 is 1.61 bits per heavy atom. The number of unbranched alkanes of at least 4 members (excludes halogenated alkanes) is 1. The molecule has 3 aromatic rings. The van der Waals surface area contributed by atoms with Gasteiger partial charge < -0.3 is 15.0 Å². The Kier molecular flexibility index (Phi) is 10.9. The van der Waals surface area contributed by atoms with Gasteiger partial charge in [-0.05, 0) is 81.1 Å². The number of benzene rings is 3. The molecule has 9 heteroatoms. The second-order valence-electron chi connectivity index (χ2n) is 10.2. The fourth-order valence-corrected chi connectivity index (χ4v) is 5.87. The molecule has 0 heterocycles. The van der Waals surface area contributed by atoms with Crippen molar-refractivity contribution in [2.24, 2.45) is 0 Å². The van der Waals surface area contributed by atoms with E-state index in [-0.39, 0.29) is 17.3 Å². The average molecular weight is 580 g/mol. The number of aryl methyl sites for hydroxylation is 2. The molecule has 0 fully saturated rings. The Morgan fingerprint density at radius 1 is 0.951 bits per heavy atom. The van der Waals surface area contributed by atoms with Crippen molar-refractivity contribution in [1.29, 1.82) is 0 Å². The van der Waals surface area contributed by atoms with Crippen LogP contribution in [-0.2, 0) is 26.2 Å². The van der Waals surface area contributed by atoms with Crippen LogP contribution >= 0.6 is 0 Å². The van der Waals surface area contributed by atoms with Crippen molar-refractivity contribution in [3.05, 3.63) is 89.0 Å². The fraction of sp³-hybridized carbons (Fsp3) is 0.375. The third kappa shape index (κ3) is 7.88. The average Bonchev–Trinajstić information content (AvgIpc) is 2.96. The number of amides is 2. The second-order valence-corrected chi connectivity index (χ2v) is 12.1. The zero-order valence-corrected chi connectivity index (χ0v) is 25.6. The molecule has 0 aromatic heterocycles. The van der Waals surface area contributed by atoms with E-state index in [4.69, 9.17) is 4.74 Å². The maximum absolute atomic E-state index is 14.1. The Balaban J connectivity index is 2.03. The van der Waals surface area contributed by atoms with Gasteiger partial charge in [-0.2, -0.15) is 0 Å². The monoisotopic (exact) mass is 579 g/mol. The Morgan fingerprint density at radius 3 is 2.22 bits per heavy atom. The molecule has 0 radical (unpaired) electrons. The number of nitrogens with zero attached hydrogens (tertiary/aromatic N) is 2. The van der Waals surface area contributed by atoms with Crippen LogP contribution in [0.15, 0.2) is 71.6 Å². The van der Waals surface area contributed by atoms with Crippen LogP contribution < -0.4 is 14.4 Å². The highest BCUT2D eigenvalue weighted by Crippen LogP contribution is 2.29. The van der Waals surface area contributed by atoms with Gasteiger partial charge in [0.2, 0.25) is 11.8 Å². The number of nitrogens with one attached hydrogen (secondary N) is 1. The molecule has 1 N–H and O–H groups in total. The highest BCUT2D eigenvalue weighted by atomic mass is 32.2. The van der Waals surface area contributed by atoms with E-state index in [0.29, 0.717) is 18.0 Å². The van der Waals surface area contributed by atoms with Crippen LogP contribution in [0, 0.1) is 20.8 Å². The molecule has 0 saturated heterocycles. The topological polar surface area (TPSA) is 96.0 Å². The summed E-state index contributed by atoms with van der Waals surface area (Å²) in [5, 5.41) is 2.90. The summed E-state index contributed by atoms with van der Waals surface area (Å²) in [5.41, 5.74) is 3.78. The van der Waals surface area contributed by atoms with E-state index in [9.17, 15) is 18.0 Å². The van der Waals surface area contributed by atoms with Crippen LogP contribution in [0.25, 0.3) is 0 Å². The molecular formula is C32H41N3O5S. The third-order valence-corrected chi connectivity index (χ3v) is 9.02. The molecule has 0 aliphatic rings. The van der Waals surface area contributed by atoms with Crippen LogP contribution in [0.5, 0.6) is 5.75 Å². The van der Waals surface area contributed by atoms with Crippen molar-refractivity contribution in [2.45, 2.75) is 64.9 Å².